The molecule has 0 radical (unpaired) electrons. The molecule has 90 valence electrons. The average Bonchev–Trinajstić information content (AvgIpc) is 2.74. The Bertz CT molecular complexity index is 462. The van der Waals surface area contributed by atoms with Crippen LogP contribution in [0.2, 0.25) is 0 Å². The number of rotatable bonds is 5. The van der Waals surface area contributed by atoms with Gasteiger partial charge in [0.1, 0.15) is 0 Å². The zero-order chi connectivity index (χ0) is 12.1. The number of aromatic nitrogens is 2. The summed E-state index contributed by atoms with van der Waals surface area (Å²) >= 11 is 1.74. The van der Waals surface area contributed by atoms with Crippen molar-refractivity contribution in [2.24, 2.45) is 7.05 Å². The third kappa shape index (κ3) is 3.61. The number of hydrogen-bond donors (Lipinski definition) is 1. The minimum Gasteiger partial charge on any atom is -0.313 e. The molecular formula is C13H17N3S. The Hall–Kier alpha value is -1.26. The van der Waals surface area contributed by atoms with Crippen LogP contribution in [0.5, 0.6) is 0 Å². The molecule has 0 aliphatic heterocycles. The van der Waals surface area contributed by atoms with Crippen molar-refractivity contribution in [2.75, 3.05) is 6.54 Å². The second-order valence-electron chi connectivity index (χ2n) is 3.88. The van der Waals surface area contributed by atoms with Crippen LogP contribution in [0.4, 0.5) is 0 Å². The van der Waals surface area contributed by atoms with Crippen LogP contribution in [-0.4, -0.2) is 16.3 Å². The summed E-state index contributed by atoms with van der Waals surface area (Å²) in [4.78, 5) is 2.42. The maximum Gasteiger partial charge on any atom is 0.0629 e. The van der Waals surface area contributed by atoms with E-state index in [2.05, 4.69) is 41.6 Å². The van der Waals surface area contributed by atoms with Crippen molar-refractivity contribution in [1.82, 2.24) is 15.1 Å². The molecule has 2 rings (SSSR count). The second kappa shape index (κ2) is 5.89. The lowest BCUT2D eigenvalue weighted by atomic mass is 10.2. The molecule has 0 amide bonds. The van der Waals surface area contributed by atoms with Crippen LogP contribution in [0, 0.1) is 0 Å². The summed E-state index contributed by atoms with van der Waals surface area (Å²) in [7, 11) is 1.93. The molecule has 0 saturated heterocycles. The second-order valence-corrected chi connectivity index (χ2v) is 5.02. The molecular weight excluding hydrogens is 230 g/mol. The van der Waals surface area contributed by atoms with Gasteiger partial charge in [-0.05, 0) is 24.2 Å². The molecule has 0 unspecified atom stereocenters. The topological polar surface area (TPSA) is 29.9 Å². The molecule has 3 nitrogen and oxygen atoms in total. The lowest BCUT2D eigenvalue weighted by Gasteiger charge is -2.03. The van der Waals surface area contributed by atoms with E-state index in [0.717, 1.165) is 13.1 Å². The third-order valence-electron chi connectivity index (χ3n) is 2.42. The summed E-state index contributed by atoms with van der Waals surface area (Å²) in [6.07, 6.45) is 3.91. The van der Waals surface area contributed by atoms with Crippen molar-refractivity contribution in [2.45, 2.75) is 23.3 Å². The fourth-order valence-electron chi connectivity index (χ4n) is 1.53. The van der Waals surface area contributed by atoms with Gasteiger partial charge < -0.3 is 5.32 Å². The first-order valence-electron chi connectivity index (χ1n) is 5.74. The summed E-state index contributed by atoms with van der Waals surface area (Å²) in [5.41, 5.74) is 1.32. The van der Waals surface area contributed by atoms with Crippen molar-refractivity contribution in [3.8, 4) is 0 Å². The molecule has 0 fully saturated rings. The highest BCUT2D eigenvalue weighted by Gasteiger charge is 1.99. The summed E-state index contributed by atoms with van der Waals surface area (Å²) in [6.45, 7) is 4.06. The maximum atomic E-state index is 4.16. The lowest BCUT2D eigenvalue weighted by Crippen LogP contribution is -2.11. The van der Waals surface area contributed by atoms with Crippen LogP contribution in [0.1, 0.15) is 12.5 Å². The summed E-state index contributed by atoms with van der Waals surface area (Å²) in [6, 6.07) is 8.65. The minimum absolute atomic E-state index is 0.939. The van der Waals surface area contributed by atoms with E-state index in [4.69, 9.17) is 0 Å². The molecule has 0 aliphatic carbocycles. The highest BCUT2D eigenvalue weighted by Crippen LogP contribution is 2.26. The van der Waals surface area contributed by atoms with E-state index < -0.39 is 0 Å². The number of nitrogens with one attached hydrogen (secondary N) is 1. The number of nitrogens with zero attached hydrogens (tertiary/aromatic N) is 2. The van der Waals surface area contributed by atoms with Gasteiger partial charge in [0, 0.05) is 24.7 Å². The van der Waals surface area contributed by atoms with Gasteiger partial charge in [0.05, 0.1) is 11.1 Å². The van der Waals surface area contributed by atoms with E-state index in [1.807, 2.05) is 24.1 Å². The van der Waals surface area contributed by atoms with Gasteiger partial charge in [0.2, 0.25) is 0 Å². The quantitative estimate of drug-likeness (QED) is 0.881. The molecule has 1 aromatic carbocycles. The SMILES string of the molecule is CCNCc1ccc(Sc2cnn(C)c2)cc1. The summed E-state index contributed by atoms with van der Waals surface area (Å²) < 4.78 is 1.82. The van der Waals surface area contributed by atoms with E-state index in [0.29, 0.717) is 0 Å². The van der Waals surface area contributed by atoms with Gasteiger partial charge in [-0.2, -0.15) is 5.10 Å². The Morgan fingerprint density at radius 2 is 2.00 bits per heavy atom. The number of benzene rings is 1. The van der Waals surface area contributed by atoms with Crippen LogP contribution in [0.3, 0.4) is 0 Å². The van der Waals surface area contributed by atoms with Crippen LogP contribution in [-0.2, 0) is 13.6 Å². The molecule has 1 N–H and O–H groups in total. The smallest absolute Gasteiger partial charge is 0.0629 e. The van der Waals surface area contributed by atoms with Crippen molar-refractivity contribution in [3.63, 3.8) is 0 Å². The molecule has 0 aliphatic rings. The Kier molecular flexibility index (Phi) is 4.23. The molecule has 0 bridgehead atoms. The molecule has 4 heteroatoms. The highest BCUT2D eigenvalue weighted by atomic mass is 32.2. The zero-order valence-electron chi connectivity index (χ0n) is 10.2. The first-order valence-corrected chi connectivity index (χ1v) is 6.55. The van der Waals surface area contributed by atoms with Crippen LogP contribution >= 0.6 is 11.8 Å². The normalized spacial score (nSPS) is 10.7. The first kappa shape index (κ1) is 12.2. The molecule has 1 heterocycles. The Morgan fingerprint density at radius 1 is 1.24 bits per heavy atom. The highest BCUT2D eigenvalue weighted by molar-refractivity contribution is 7.99. The van der Waals surface area contributed by atoms with Gasteiger partial charge in [-0.1, -0.05) is 30.8 Å². The molecule has 2 aromatic rings. The predicted octanol–water partition coefficient (Wildman–Crippen LogP) is 2.68. The van der Waals surface area contributed by atoms with E-state index in [1.54, 1.807) is 11.8 Å². The van der Waals surface area contributed by atoms with Crippen LogP contribution in [0.25, 0.3) is 0 Å². The standard InChI is InChI=1S/C13H17N3S/c1-3-14-8-11-4-6-12(7-5-11)17-13-9-15-16(2)10-13/h4-7,9-10,14H,3,8H2,1-2H3. The van der Waals surface area contributed by atoms with Crippen molar-refractivity contribution in [1.29, 1.82) is 0 Å². The fraction of sp³-hybridized carbons (Fsp3) is 0.308. The molecule has 0 spiro atoms. The summed E-state index contributed by atoms with van der Waals surface area (Å²) in [5, 5.41) is 7.47. The molecule has 17 heavy (non-hydrogen) atoms. The number of aryl methyl sites for hydroxylation is 1. The van der Waals surface area contributed by atoms with Crippen molar-refractivity contribution < 1.29 is 0 Å². The Balaban J connectivity index is 1.98. The largest absolute Gasteiger partial charge is 0.313 e. The first-order chi connectivity index (χ1) is 8.28. The fourth-order valence-corrected chi connectivity index (χ4v) is 2.38. The van der Waals surface area contributed by atoms with E-state index in [-0.39, 0.29) is 0 Å². The van der Waals surface area contributed by atoms with Gasteiger partial charge >= 0.3 is 0 Å². The lowest BCUT2D eigenvalue weighted by molar-refractivity contribution is 0.726. The van der Waals surface area contributed by atoms with Gasteiger partial charge in [0.15, 0.2) is 0 Å². The van der Waals surface area contributed by atoms with Gasteiger partial charge in [0.25, 0.3) is 0 Å². The van der Waals surface area contributed by atoms with Gasteiger partial charge in [-0.15, -0.1) is 0 Å². The monoisotopic (exact) mass is 247 g/mol. The Labute approximate surface area is 106 Å². The van der Waals surface area contributed by atoms with Crippen molar-refractivity contribution >= 4 is 11.8 Å². The van der Waals surface area contributed by atoms with E-state index >= 15 is 0 Å². The number of hydrogen-bond acceptors (Lipinski definition) is 3. The van der Waals surface area contributed by atoms with Crippen LogP contribution in [0.15, 0.2) is 46.5 Å². The van der Waals surface area contributed by atoms with E-state index in [9.17, 15) is 0 Å². The summed E-state index contributed by atoms with van der Waals surface area (Å²) in [5.74, 6) is 0. The molecule has 0 saturated carbocycles. The molecule has 1 aromatic heterocycles. The van der Waals surface area contributed by atoms with E-state index in [1.165, 1.54) is 15.4 Å². The van der Waals surface area contributed by atoms with Crippen LogP contribution < -0.4 is 5.32 Å². The van der Waals surface area contributed by atoms with Gasteiger partial charge in [-0.3, -0.25) is 4.68 Å². The zero-order valence-corrected chi connectivity index (χ0v) is 11.0. The maximum absolute atomic E-state index is 4.16. The van der Waals surface area contributed by atoms with Crippen molar-refractivity contribution in [3.05, 3.63) is 42.2 Å². The third-order valence-corrected chi connectivity index (χ3v) is 3.37. The molecule has 0 atom stereocenters. The average molecular weight is 247 g/mol. The predicted molar refractivity (Wildman–Crippen MR) is 71.2 cm³/mol. The Morgan fingerprint density at radius 3 is 2.59 bits per heavy atom. The van der Waals surface area contributed by atoms with Gasteiger partial charge in [-0.25, -0.2) is 0 Å². The minimum atomic E-state index is 0.939.